The van der Waals surface area contributed by atoms with E-state index in [0.29, 0.717) is 5.52 Å². The molecule has 0 saturated carbocycles. The molecule has 2 N–H and O–H groups in total. The first-order chi connectivity index (χ1) is 10.5. The molecule has 22 heavy (non-hydrogen) atoms. The van der Waals surface area contributed by atoms with Crippen molar-refractivity contribution in [3.63, 3.8) is 0 Å². The molecule has 3 aromatic rings. The predicted molar refractivity (Wildman–Crippen MR) is 74.7 cm³/mol. The fourth-order valence-electron chi connectivity index (χ4n) is 1.99. The van der Waals surface area contributed by atoms with Gasteiger partial charge < -0.3 is 14.6 Å². The number of phenols is 1. The molecular weight excluding hydrogens is 292 g/mol. The zero-order valence-electron chi connectivity index (χ0n) is 10.9. The maximum Gasteiger partial charge on any atom is 0.335 e. The van der Waals surface area contributed by atoms with E-state index in [9.17, 15) is 20.0 Å². The zero-order valence-corrected chi connectivity index (χ0v) is 10.9. The van der Waals surface area contributed by atoms with Gasteiger partial charge in [-0.3, -0.25) is 10.1 Å². The molecule has 110 valence electrons. The fraction of sp³-hybridized carbons (Fsp3) is 0. The van der Waals surface area contributed by atoms with Crippen molar-refractivity contribution in [1.82, 2.24) is 4.98 Å². The molecule has 1 heterocycles. The largest absolute Gasteiger partial charge is 0.507 e. The molecular formula is C14H8N2O6. The van der Waals surface area contributed by atoms with Crippen LogP contribution >= 0.6 is 0 Å². The molecule has 0 aliphatic heterocycles. The van der Waals surface area contributed by atoms with Crippen LogP contribution in [0.3, 0.4) is 0 Å². The number of benzene rings is 2. The molecule has 0 radical (unpaired) electrons. The van der Waals surface area contributed by atoms with Gasteiger partial charge in [0.2, 0.25) is 5.89 Å². The van der Waals surface area contributed by atoms with Crippen LogP contribution in [-0.4, -0.2) is 26.1 Å². The minimum Gasteiger partial charge on any atom is -0.507 e. The second-order valence-corrected chi connectivity index (χ2v) is 4.47. The summed E-state index contributed by atoms with van der Waals surface area (Å²) in [4.78, 5) is 25.1. The van der Waals surface area contributed by atoms with E-state index in [1.807, 2.05) is 0 Å². The van der Waals surface area contributed by atoms with Crippen molar-refractivity contribution in [2.45, 2.75) is 0 Å². The Labute approximate surface area is 122 Å². The molecule has 1 aromatic heterocycles. The summed E-state index contributed by atoms with van der Waals surface area (Å²) in [5.41, 5.74) is 0.575. The number of aromatic carboxylic acids is 1. The topological polar surface area (TPSA) is 127 Å². The monoisotopic (exact) mass is 300 g/mol. The predicted octanol–water partition coefficient (Wildman–Crippen LogP) is 2.81. The molecule has 0 spiro atoms. The van der Waals surface area contributed by atoms with Crippen molar-refractivity contribution in [2.24, 2.45) is 0 Å². The minimum atomic E-state index is -1.17. The van der Waals surface area contributed by atoms with Gasteiger partial charge in [0.15, 0.2) is 5.58 Å². The van der Waals surface area contributed by atoms with Crippen LogP contribution < -0.4 is 0 Å². The summed E-state index contributed by atoms with van der Waals surface area (Å²) in [6.45, 7) is 0. The molecule has 0 saturated heterocycles. The number of fused-ring (bicyclic) bond motifs is 1. The molecule has 3 rings (SSSR count). The van der Waals surface area contributed by atoms with E-state index >= 15 is 0 Å². The Kier molecular flexibility index (Phi) is 2.99. The Morgan fingerprint density at radius 3 is 2.64 bits per heavy atom. The lowest BCUT2D eigenvalue weighted by atomic mass is 10.1. The van der Waals surface area contributed by atoms with Gasteiger partial charge in [-0.1, -0.05) is 0 Å². The molecule has 0 atom stereocenters. The molecule has 0 amide bonds. The van der Waals surface area contributed by atoms with E-state index in [4.69, 9.17) is 9.52 Å². The van der Waals surface area contributed by atoms with E-state index in [1.165, 1.54) is 30.3 Å². The van der Waals surface area contributed by atoms with E-state index in [0.717, 1.165) is 6.07 Å². The summed E-state index contributed by atoms with van der Waals surface area (Å²) in [5.74, 6) is -1.43. The zero-order chi connectivity index (χ0) is 15.9. The van der Waals surface area contributed by atoms with Crippen molar-refractivity contribution >= 4 is 22.8 Å². The van der Waals surface area contributed by atoms with Gasteiger partial charge in [0, 0.05) is 6.07 Å². The Hall–Kier alpha value is -3.42. The van der Waals surface area contributed by atoms with E-state index in [2.05, 4.69) is 4.98 Å². The number of carboxylic acids is 1. The summed E-state index contributed by atoms with van der Waals surface area (Å²) < 4.78 is 5.40. The minimum absolute atomic E-state index is 0.0462. The van der Waals surface area contributed by atoms with Crippen LogP contribution in [0.2, 0.25) is 0 Å². The molecule has 0 fully saturated rings. The highest BCUT2D eigenvalue weighted by Crippen LogP contribution is 2.32. The summed E-state index contributed by atoms with van der Waals surface area (Å²) in [5, 5.41) is 29.5. The smallest absolute Gasteiger partial charge is 0.335 e. The first-order valence-electron chi connectivity index (χ1n) is 6.07. The summed E-state index contributed by atoms with van der Waals surface area (Å²) in [6.07, 6.45) is 0. The third-order valence-electron chi connectivity index (χ3n) is 3.06. The van der Waals surface area contributed by atoms with Crippen molar-refractivity contribution in [3.8, 4) is 17.2 Å². The van der Waals surface area contributed by atoms with E-state index in [1.54, 1.807) is 0 Å². The molecule has 2 aromatic carbocycles. The molecule has 0 aliphatic rings. The molecule has 0 aliphatic carbocycles. The summed E-state index contributed by atoms with van der Waals surface area (Å²) >= 11 is 0. The van der Waals surface area contributed by atoms with Crippen LogP contribution in [0.15, 0.2) is 40.8 Å². The Balaban J connectivity index is 2.10. The lowest BCUT2D eigenvalue weighted by Crippen LogP contribution is -1.95. The average Bonchev–Trinajstić information content (AvgIpc) is 2.89. The van der Waals surface area contributed by atoms with Crippen LogP contribution in [0.25, 0.3) is 22.6 Å². The van der Waals surface area contributed by atoms with Gasteiger partial charge in [-0.05, 0) is 24.3 Å². The molecule has 8 heteroatoms. The molecule has 8 nitrogen and oxygen atoms in total. The van der Waals surface area contributed by atoms with E-state index < -0.39 is 10.9 Å². The number of hydrogen-bond acceptors (Lipinski definition) is 6. The van der Waals surface area contributed by atoms with Crippen LogP contribution in [0.5, 0.6) is 5.75 Å². The SMILES string of the molecule is O=C(O)c1ccc(-c2nc3ccc([N+](=O)[O-])cc3o2)c(O)c1. The highest BCUT2D eigenvalue weighted by molar-refractivity contribution is 5.89. The number of phenolic OH excluding ortho intramolecular Hbond substituents is 1. The van der Waals surface area contributed by atoms with Crippen LogP contribution in [0.1, 0.15) is 10.4 Å². The number of nitro groups is 1. The number of rotatable bonds is 3. The molecule has 0 bridgehead atoms. The van der Waals surface area contributed by atoms with Gasteiger partial charge in [0.1, 0.15) is 11.3 Å². The highest BCUT2D eigenvalue weighted by atomic mass is 16.6. The number of carboxylic acid groups (broad SMARTS) is 1. The van der Waals surface area contributed by atoms with Crippen LogP contribution in [0, 0.1) is 10.1 Å². The first kappa shape index (κ1) is 13.6. The number of carbonyl (C=O) groups is 1. The number of hydrogen-bond donors (Lipinski definition) is 2. The lowest BCUT2D eigenvalue weighted by molar-refractivity contribution is -0.384. The van der Waals surface area contributed by atoms with Gasteiger partial charge in [-0.25, -0.2) is 9.78 Å². The number of aromatic nitrogens is 1. The maximum absolute atomic E-state index is 10.8. The van der Waals surface area contributed by atoms with E-state index in [-0.39, 0.29) is 34.0 Å². The summed E-state index contributed by atoms with van der Waals surface area (Å²) in [7, 11) is 0. The van der Waals surface area contributed by atoms with Gasteiger partial charge in [-0.2, -0.15) is 0 Å². The van der Waals surface area contributed by atoms with Gasteiger partial charge >= 0.3 is 5.97 Å². The third-order valence-corrected chi connectivity index (χ3v) is 3.06. The van der Waals surface area contributed by atoms with Gasteiger partial charge in [-0.15, -0.1) is 0 Å². The van der Waals surface area contributed by atoms with Crippen molar-refractivity contribution in [1.29, 1.82) is 0 Å². The Morgan fingerprint density at radius 1 is 1.23 bits per heavy atom. The number of oxazole rings is 1. The molecule has 0 unspecified atom stereocenters. The normalized spacial score (nSPS) is 10.7. The standard InChI is InChI=1S/C14H8N2O6/c17-11-5-7(14(18)19)1-3-9(11)13-15-10-4-2-8(16(20)21)6-12(10)22-13/h1-6,17H,(H,18,19). The van der Waals surface area contributed by atoms with Crippen molar-refractivity contribution in [3.05, 3.63) is 52.1 Å². The second kappa shape index (κ2) is 4.85. The number of nitrogens with zero attached hydrogens (tertiary/aromatic N) is 2. The average molecular weight is 300 g/mol. The lowest BCUT2D eigenvalue weighted by Gasteiger charge is -2.01. The number of aromatic hydroxyl groups is 1. The second-order valence-electron chi connectivity index (χ2n) is 4.47. The van der Waals surface area contributed by atoms with Gasteiger partial charge in [0.25, 0.3) is 5.69 Å². The van der Waals surface area contributed by atoms with Crippen molar-refractivity contribution in [2.75, 3.05) is 0 Å². The van der Waals surface area contributed by atoms with Gasteiger partial charge in [0.05, 0.1) is 22.1 Å². The Morgan fingerprint density at radius 2 is 2.00 bits per heavy atom. The number of non-ortho nitro benzene ring substituents is 1. The highest BCUT2D eigenvalue weighted by Gasteiger charge is 2.16. The van der Waals surface area contributed by atoms with Crippen molar-refractivity contribution < 1.29 is 24.3 Å². The maximum atomic E-state index is 10.8. The van der Waals surface area contributed by atoms with Crippen LogP contribution in [0.4, 0.5) is 5.69 Å². The first-order valence-corrected chi connectivity index (χ1v) is 6.07. The quantitative estimate of drug-likeness (QED) is 0.562. The third kappa shape index (κ3) is 2.22. The fourth-order valence-corrected chi connectivity index (χ4v) is 1.99. The Bertz CT molecular complexity index is 915. The van der Waals surface area contributed by atoms with Crippen LogP contribution in [-0.2, 0) is 0 Å². The summed E-state index contributed by atoms with van der Waals surface area (Å²) in [6, 6.07) is 7.70. The number of nitro benzene ring substituents is 1.